The number of anilines is 1. The molecule has 0 bridgehead atoms. The number of benzene rings is 2. The van der Waals surface area contributed by atoms with Crippen LogP contribution in [0.2, 0.25) is 0 Å². The Kier molecular flexibility index (Phi) is 6.39. The molecule has 0 saturated carbocycles. The topological polar surface area (TPSA) is 91.0 Å². The van der Waals surface area contributed by atoms with Gasteiger partial charge >= 0.3 is 6.03 Å². The fourth-order valence-electron chi connectivity index (χ4n) is 3.90. The minimum Gasteiger partial charge on any atom is -0.379 e. The molecule has 33 heavy (non-hydrogen) atoms. The van der Waals surface area contributed by atoms with E-state index in [1.54, 1.807) is 12.1 Å². The van der Waals surface area contributed by atoms with Gasteiger partial charge in [-0.15, -0.1) is 0 Å². The predicted molar refractivity (Wildman–Crippen MR) is 115 cm³/mol. The van der Waals surface area contributed by atoms with E-state index < -0.39 is 41.6 Å². The van der Waals surface area contributed by atoms with Crippen LogP contribution >= 0.6 is 0 Å². The Labute approximate surface area is 189 Å². The van der Waals surface area contributed by atoms with Gasteiger partial charge in [0.25, 0.3) is 5.91 Å². The number of urea groups is 1. The molecule has 1 atom stereocenters. The first-order chi connectivity index (χ1) is 15.8. The summed E-state index contributed by atoms with van der Waals surface area (Å²) in [6.07, 6.45) is 0. The van der Waals surface area contributed by atoms with E-state index >= 15 is 0 Å². The molecule has 2 fully saturated rings. The van der Waals surface area contributed by atoms with Crippen molar-refractivity contribution in [2.45, 2.75) is 19.0 Å². The summed E-state index contributed by atoms with van der Waals surface area (Å²) >= 11 is 0. The van der Waals surface area contributed by atoms with E-state index in [0.717, 1.165) is 42.2 Å². The quantitative estimate of drug-likeness (QED) is 0.648. The van der Waals surface area contributed by atoms with Gasteiger partial charge in [-0.25, -0.2) is 13.6 Å². The molecule has 2 saturated heterocycles. The summed E-state index contributed by atoms with van der Waals surface area (Å²) in [6.45, 7) is 4.81. The van der Waals surface area contributed by atoms with Gasteiger partial charge in [0, 0.05) is 25.3 Å². The number of rotatable bonds is 6. The second-order valence-electron chi connectivity index (χ2n) is 8.21. The van der Waals surface area contributed by atoms with Crippen molar-refractivity contribution >= 4 is 23.5 Å². The molecular weight excluding hydrogens is 434 g/mol. The lowest BCUT2D eigenvalue weighted by Gasteiger charge is -2.26. The molecule has 4 rings (SSSR count). The average Bonchev–Trinajstić information content (AvgIpc) is 3.01. The summed E-state index contributed by atoms with van der Waals surface area (Å²) in [6, 6.07) is 9.48. The van der Waals surface area contributed by atoms with Gasteiger partial charge < -0.3 is 15.4 Å². The van der Waals surface area contributed by atoms with Crippen LogP contribution < -0.4 is 10.6 Å². The summed E-state index contributed by atoms with van der Waals surface area (Å²) in [4.78, 5) is 40.8. The molecule has 4 amide bonds. The predicted octanol–water partition coefficient (Wildman–Crippen LogP) is 2.20. The Bertz CT molecular complexity index is 1070. The molecule has 8 nitrogen and oxygen atoms in total. The zero-order valence-corrected chi connectivity index (χ0v) is 18.1. The molecular formula is C23H24F2N4O4. The first kappa shape index (κ1) is 22.8. The van der Waals surface area contributed by atoms with Gasteiger partial charge in [-0.1, -0.05) is 18.2 Å². The van der Waals surface area contributed by atoms with E-state index in [1.165, 1.54) is 13.0 Å². The molecule has 0 radical (unpaired) electrons. The zero-order valence-electron chi connectivity index (χ0n) is 18.1. The molecule has 1 unspecified atom stereocenters. The number of nitrogens with zero attached hydrogens (tertiary/aromatic N) is 2. The Morgan fingerprint density at radius 2 is 1.79 bits per heavy atom. The lowest BCUT2D eigenvalue weighted by Crippen LogP contribution is -2.42. The highest BCUT2D eigenvalue weighted by atomic mass is 19.2. The lowest BCUT2D eigenvalue weighted by atomic mass is 9.92. The number of ether oxygens (including phenoxy) is 1. The van der Waals surface area contributed by atoms with Crippen molar-refractivity contribution in [2.24, 2.45) is 0 Å². The van der Waals surface area contributed by atoms with Crippen LogP contribution in [0.3, 0.4) is 0 Å². The third-order valence-corrected chi connectivity index (χ3v) is 5.82. The van der Waals surface area contributed by atoms with Gasteiger partial charge in [-0.3, -0.25) is 19.4 Å². The largest absolute Gasteiger partial charge is 0.379 e. The molecule has 2 aromatic rings. The highest BCUT2D eigenvalue weighted by Crippen LogP contribution is 2.29. The Hall–Kier alpha value is -3.37. The van der Waals surface area contributed by atoms with Crippen molar-refractivity contribution in [1.82, 2.24) is 15.1 Å². The van der Waals surface area contributed by atoms with Crippen molar-refractivity contribution < 1.29 is 27.9 Å². The van der Waals surface area contributed by atoms with E-state index in [0.29, 0.717) is 18.9 Å². The van der Waals surface area contributed by atoms with Crippen molar-refractivity contribution in [3.63, 3.8) is 0 Å². The molecule has 0 aliphatic carbocycles. The van der Waals surface area contributed by atoms with Crippen LogP contribution in [0.4, 0.5) is 19.3 Å². The standard InChI is InChI=1S/C23H24F2N4O4/c1-23(16-4-7-18(24)19(25)12-16)21(31)29(22(32)27-23)14-20(30)26-17-5-2-15(3-6-17)13-28-8-10-33-11-9-28/h2-7,12H,8-11,13-14H2,1H3,(H,26,30)(H,27,32). The maximum absolute atomic E-state index is 13.7. The number of halogens is 2. The Morgan fingerprint density at radius 3 is 2.45 bits per heavy atom. The van der Waals surface area contributed by atoms with Gasteiger partial charge in [0.1, 0.15) is 12.1 Å². The van der Waals surface area contributed by atoms with Crippen molar-refractivity contribution in [1.29, 1.82) is 0 Å². The van der Waals surface area contributed by atoms with Gasteiger partial charge in [0.05, 0.1) is 13.2 Å². The number of amides is 4. The van der Waals surface area contributed by atoms with E-state index in [-0.39, 0.29) is 5.56 Å². The van der Waals surface area contributed by atoms with E-state index in [1.807, 2.05) is 12.1 Å². The third kappa shape index (κ3) is 4.86. The number of nitrogens with one attached hydrogen (secondary N) is 2. The summed E-state index contributed by atoms with van der Waals surface area (Å²) in [7, 11) is 0. The van der Waals surface area contributed by atoms with Crippen LogP contribution in [0.15, 0.2) is 42.5 Å². The van der Waals surface area contributed by atoms with Crippen molar-refractivity contribution in [2.75, 3.05) is 38.2 Å². The first-order valence-corrected chi connectivity index (χ1v) is 10.5. The molecule has 0 spiro atoms. The summed E-state index contributed by atoms with van der Waals surface area (Å²) < 4.78 is 32.3. The number of morpholine rings is 1. The molecule has 10 heteroatoms. The maximum Gasteiger partial charge on any atom is 0.325 e. The molecule has 2 aliphatic heterocycles. The van der Waals surface area contributed by atoms with Gasteiger partial charge in [-0.2, -0.15) is 0 Å². The van der Waals surface area contributed by atoms with Crippen LogP contribution in [0.5, 0.6) is 0 Å². The monoisotopic (exact) mass is 458 g/mol. The van der Waals surface area contributed by atoms with Crippen LogP contribution in [0.1, 0.15) is 18.1 Å². The van der Waals surface area contributed by atoms with Gasteiger partial charge in [-0.05, 0) is 42.3 Å². The second-order valence-corrected chi connectivity index (χ2v) is 8.21. The van der Waals surface area contributed by atoms with Crippen molar-refractivity contribution in [3.8, 4) is 0 Å². The SMILES string of the molecule is CC1(c2ccc(F)c(F)c2)NC(=O)N(CC(=O)Nc2ccc(CN3CCOCC3)cc2)C1=O. The summed E-state index contributed by atoms with van der Waals surface area (Å²) in [5, 5.41) is 5.13. The Morgan fingerprint density at radius 1 is 1.09 bits per heavy atom. The molecule has 2 aliphatic rings. The maximum atomic E-state index is 13.7. The molecule has 0 aromatic heterocycles. The number of hydrogen-bond acceptors (Lipinski definition) is 5. The fraction of sp³-hybridized carbons (Fsp3) is 0.348. The van der Waals surface area contributed by atoms with Crippen LogP contribution in [-0.2, 0) is 26.4 Å². The average molecular weight is 458 g/mol. The van der Waals surface area contributed by atoms with Gasteiger partial charge in [0.2, 0.25) is 5.91 Å². The van der Waals surface area contributed by atoms with E-state index in [2.05, 4.69) is 15.5 Å². The minimum absolute atomic E-state index is 0.0820. The highest BCUT2D eigenvalue weighted by molar-refractivity contribution is 6.10. The van der Waals surface area contributed by atoms with E-state index in [9.17, 15) is 23.2 Å². The number of imide groups is 1. The molecule has 2 N–H and O–H groups in total. The summed E-state index contributed by atoms with van der Waals surface area (Å²) in [5.74, 6) is -3.49. The number of hydrogen-bond donors (Lipinski definition) is 2. The highest BCUT2D eigenvalue weighted by Gasteiger charge is 2.49. The van der Waals surface area contributed by atoms with Crippen molar-refractivity contribution in [3.05, 3.63) is 65.2 Å². The first-order valence-electron chi connectivity index (χ1n) is 10.5. The summed E-state index contributed by atoms with van der Waals surface area (Å²) in [5.41, 5.74) is 0.0958. The minimum atomic E-state index is -1.60. The van der Waals surface area contributed by atoms with Crippen LogP contribution in [-0.4, -0.2) is 60.5 Å². The van der Waals surface area contributed by atoms with Gasteiger partial charge in [0.15, 0.2) is 11.6 Å². The molecule has 2 heterocycles. The third-order valence-electron chi connectivity index (χ3n) is 5.82. The smallest absolute Gasteiger partial charge is 0.325 e. The van der Waals surface area contributed by atoms with Crippen LogP contribution in [0, 0.1) is 11.6 Å². The number of carbonyl (C=O) groups is 3. The number of carbonyl (C=O) groups excluding carboxylic acids is 3. The molecule has 2 aromatic carbocycles. The van der Waals surface area contributed by atoms with Crippen LogP contribution in [0.25, 0.3) is 0 Å². The lowest BCUT2D eigenvalue weighted by molar-refractivity contribution is -0.133. The second kappa shape index (κ2) is 9.24. The molecule has 174 valence electrons. The Balaban J connectivity index is 1.37. The fourth-order valence-corrected chi connectivity index (χ4v) is 3.90. The zero-order chi connectivity index (χ0) is 23.6. The normalized spacial score (nSPS) is 21.2. The van der Waals surface area contributed by atoms with E-state index in [4.69, 9.17) is 4.74 Å².